The van der Waals surface area contributed by atoms with E-state index < -0.39 is 5.97 Å². The molecule has 106 valence electrons. The number of aryl methyl sites for hydroxylation is 1. The van der Waals surface area contributed by atoms with Crippen LogP contribution in [0.4, 0.5) is 0 Å². The third-order valence-corrected chi connectivity index (χ3v) is 2.96. The van der Waals surface area contributed by atoms with Gasteiger partial charge in [0.05, 0.1) is 11.9 Å². The summed E-state index contributed by atoms with van der Waals surface area (Å²) in [4.78, 5) is 24.1. The summed E-state index contributed by atoms with van der Waals surface area (Å²) in [6, 6.07) is 0. The number of carboxylic acids is 1. The zero-order chi connectivity index (χ0) is 14.7. The number of hydrogen-bond donors (Lipinski definition) is 1. The van der Waals surface area contributed by atoms with E-state index in [1.54, 1.807) is 23.2 Å². The summed E-state index contributed by atoms with van der Waals surface area (Å²) in [7, 11) is 0. The first-order valence-electron chi connectivity index (χ1n) is 6.67. The van der Waals surface area contributed by atoms with Crippen LogP contribution in [0.25, 0.3) is 5.69 Å². The Balaban J connectivity index is 2.55. The van der Waals surface area contributed by atoms with Crippen LogP contribution >= 0.6 is 0 Å². The molecular weight excluding hydrogens is 256 g/mol. The van der Waals surface area contributed by atoms with Gasteiger partial charge in [-0.05, 0) is 6.42 Å². The summed E-state index contributed by atoms with van der Waals surface area (Å²) in [6.45, 7) is 5.91. The second-order valence-corrected chi connectivity index (χ2v) is 4.89. The first kappa shape index (κ1) is 14.2. The number of hydrogen-bond acceptors (Lipinski definition) is 4. The van der Waals surface area contributed by atoms with Gasteiger partial charge in [-0.3, -0.25) is 4.57 Å². The molecule has 0 saturated heterocycles. The van der Waals surface area contributed by atoms with Gasteiger partial charge in [0.2, 0.25) is 0 Å². The Hall–Kier alpha value is -2.24. The summed E-state index contributed by atoms with van der Waals surface area (Å²) >= 11 is 0. The summed E-state index contributed by atoms with van der Waals surface area (Å²) in [5.74, 6) is 0.375. The molecule has 2 aromatic heterocycles. The third kappa shape index (κ3) is 2.68. The van der Waals surface area contributed by atoms with Gasteiger partial charge < -0.3 is 5.11 Å². The lowest BCUT2D eigenvalue weighted by molar-refractivity contribution is 0.0690. The minimum absolute atomic E-state index is 0.0130. The molecule has 0 spiro atoms. The standard InChI is InChI=1S/C14H18N4O2/c1-4-5-11-15-6-7-18(11)10-8-16-13(9(2)3)17-12(10)14(19)20/h6-9H,4-5H2,1-3H3,(H,19,20). The van der Waals surface area contributed by atoms with Crippen molar-refractivity contribution in [3.05, 3.63) is 35.9 Å². The summed E-state index contributed by atoms with van der Waals surface area (Å²) < 4.78 is 1.75. The largest absolute Gasteiger partial charge is 0.476 e. The molecule has 0 aliphatic rings. The second-order valence-electron chi connectivity index (χ2n) is 4.89. The van der Waals surface area contributed by atoms with Crippen molar-refractivity contribution in [1.29, 1.82) is 0 Å². The van der Waals surface area contributed by atoms with E-state index in [4.69, 9.17) is 0 Å². The fraction of sp³-hybridized carbons (Fsp3) is 0.429. The lowest BCUT2D eigenvalue weighted by Crippen LogP contribution is -2.13. The zero-order valence-corrected chi connectivity index (χ0v) is 11.9. The highest BCUT2D eigenvalue weighted by atomic mass is 16.4. The molecule has 0 amide bonds. The Morgan fingerprint density at radius 1 is 1.40 bits per heavy atom. The SMILES string of the molecule is CCCc1nccn1-c1cnc(C(C)C)nc1C(=O)O. The highest BCUT2D eigenvalue weighted by Crippen LogP contribution is 2.18. The molecule has 2 aromatic rings. The van der Waals surface area contributed by atoms with E-state index in [-0.39, 0.29) is 11.6 Å². The lowest BCUT2D eigenvalue weighted by atomic mass is 10.2. The number of carbonyl (C=O) groups is 1. The molecule has 0 aliphatic heterocycles. The van der Waals surface area contributed by atoms with Gasteiger partial charge in [-0.2, -0.15) is 0 Å². The van der Waals surface area contributed by atoms with Crippen LogP contribution in [-0.2, 0) is 6.42 Å². The minimum Gasteiger partial charge on any atom is -0.476 e. The van der Waals surface area contributed by atoms with Crippen LogP contribution in [0.5, 0.6) is 0 Å². The number of carboxylic acid groups (broad SMARTS) is 1. The van der Waals surface area contributed by atoms with Crippen LogP contribution in [0.15, 0.2) is 18.6 Å². The van der Waals surface area contributed by atoms with E-state index in [0.29, 0.717) is 11.5 Å². The van der Waals surface area contributed by atoms with E-state index >= 15 is 0 Å². The first-order chi connectivity index (χ1) is 9.54. The van der Waals surface area contributed by atoms with Crippen molar-refractivity contribution in [2.45, 2.75) is 39.5 Å². The Labute approximate surface area is 117 Å². The maximum absolute atomic E-state index is 11.4. The number of nitrogens with zero attached hydrogens (tertiary/aromatic N) is 4. The maximum Gasteiger partial charge on any atom is 0.356 e. The zero-order valence-electron chi connectivity index (χ0n) is 11.9. The Kier molecular flexibility index (Phi) is 4.12. The number of rotatable bonds is 5. The monoisotopic (exact) mass is 274 g/mol. The predicted octanol–water partition coefficient (Wildman–Crippen LogP) is 2.44. The molecule has 0 bridgehead atoms. The van der Waals surface area contributed by atoms with Gasteiger partial charge in [-0.15, -0.1) is 0 Å². The van der Waals surface area contributed by atoms with Crippen molar-refractivity contribution < 1.29 is 9.90 Å². The Morgan fingerprint density at radius 2 is 2.15 bits per heavy atom. The molecule has 0 saturated carbocycles. The highest BCUT2D eigenvalue weighted by molar-refractivity contribution is 5.89. The topological polar surface area (TPSA) is 80.9 Å². The van der Waals surface area contributed by atoms with E-state index in [2.05, 4.69) is 21.9 Å². The van der Waals surface area contributed by atoms with Crippen molar-refractivity contribution in [2.24, 2.45) is 0 Å². The van der Waals surface area contributed by atoms with Gasteiger partial charge in [0.25, 0.3) is 0 Å². The first-order valence-corrected chi connectivity index (χ1v) is 6.67. The fourth-order valence-corrected chi connectivity index (χ4v) is 1.96. The number of imidazole rings is 1. The van der Waals surface area contributed by atoms with Crippen molar-refractivity contribution in [2.75, 3.05) is 0 Å². The summed E-state index contributed by atoms with van der Waals surface area (Å²) in [5.41, 5.74) is 0.474. The molecule has 0 atom stereocenters. The Bertz CT molecular complexity index is 619. The van der Waals surface area contributed by atoms with Gasteiger partial charge >= 0.3 is 5.97 Å². The molecule has 20 heavy (non-hydrogen) atoms. The van der Waals surface area contributed by atoms with Crippen LogP contribution in [-0.4, -0.2) is 30.6 Å². The second kappa shape index (κ2) is 5.81. The van der Waals surface area contributed by atoms with Crippen LogP contribution in [0.1, 0.15) is 55.2 Å². The molecule has 0 fully saturated rings. The highest BCUT2D eigenvalue weighted by Gasteiger charge is 2.18. The van der Waals surface area contributed by atoms with E-state index in [0.717, 1.165) is 18.7 Å². The quantitative estimate of drug-likeness (QED) is 0.905. The van der Waals surface area contributed by atoms with Crippen LogP contribution in [0.3, 0.4) is 0 Å². The molecule has 0 aromatic carbocycles. The average Bonchev–Trinajstić information content (AvgIpc) is 2.86. The molecule has 2 rings (SSSR count). The van der Waals surface area contributed by atoms with Gasteiger partial charge in [0, 0.05) is 24.7 Å². The minimum atomic E-state index is -1.06. The predicted molar refractivity (Wildman–Crippen MR) is 74.2 cm³/mol. The van der Waals surface area contributed by atoms with Crippen LogP contribution in [0, 0.1) is 0 Å². The van der Waals surface area contributed by atoms with Crippen LogP contribution < -0.4 is 0 Å². The molecular formula is C14H18N4O2. The van der Waals surface area contributed by atoms with E-state index in [1.807, 2.05) is 13.8 Å². The molecule has 0 radical (unpaired) electrons. The lowest BCUT2D eigenvalue weighted by Gasteiger charge is -2.11. The van der Waals surface area contributed by atoms with E-state index in [9.17, 15) is 9.90 Å². The third-order valence-electron chi connectivity index (χ3n) is 2.96. The van der Waals surface area contributed by atoms with Crippen LogP contribution in [0.2, 0.25) is 0 Å². The molecule has 1 N–H and O–H groups in total. The molecule has 0 unspecified atom stereocenters. The van der Waals surface area contributed by atoms with Gasteiger partial charge in [-0.1, -0.05) is 20.8 Å². The Morgan fingerprint density at radius 3 is 2.75 bits per heavy atom. The van der Waals surface area contributed by atoms with Crippen molar-refractivity contribution >= 4 is 5.97 Å². The van der Waals surface area contributed by atoms with Crippen molar-refractivity contribution in [3.63, 3.8) is 0 Å². The molecule has 0 aliphatic carbocycles. The number of aromatic carboxylic acids is 1. The van der Waals surface area contributed by atoms with Gasteiger partial charge in [0.1, 0.15) is 11.6 Å². The van der Waals surface area contributed by atoms with E-state index in [1.165, 1.54) is 0 Å². The fourth-order valence-electron chi connectivity index (χ4n) is 1.96. The molecule has 6 nitrogen and oxygen atoms in total. The molecule has 6 heteroatoms. The maximum atomic E-state index is 11.4. The van der Waals surface area contributed by atoms with Crippen molar-refractivity contribution in [1.82, 2.24) is 19.5 Å². The average molecular weight is 274 g/mol. The smallest absolute Gasteiger partial charge is 0.356 e. The summed E-state index contributed by atoms with van der Waals surface area (Å²) in [6.07, 6.45) is 6.67. The molecule has 2 heterocycles. The van der Waals surface area contributed by atoms with Crippen molar-refractivity contribution in [3.8, 4) is 5.69 Å². The number of aromatic nitrogens is 4. The summed E-state index contributed by atoms with van der Waals surface area (Å²) in [5, 5.41) is 9.37. The van der Waals surface area contributed by atoms with Gasteiger partial charge in [-0.25, -0.2) is 19.7 Å². The van der Waals surface area contributed by atoms with Gasteiger partial charge in [0.15, 0.2) is 5.69 Å². The normalized spacial score (nSPS) is 11.0.